The molecule has 4 heteroatoms. The Morgan fingerprint density at radius 3 is 2.82 bits per heavy atom. The molecule has 0 bridgehead atoms. The van der Waals surface area contributed by atoms with Crippen LogP contribution in [0.2, 0.25) is 0 Å². The van der Waals surface area contributed by atoms with E-state index in [2.05, 4.69) is 0 Å². The Morgan fingerprint density at radius 2 is 2.18 bits per heavy atom. The standard InChI is InChI=1S/C13H17FN2O/c1-8-7-9(14)3-4-10(8)13-11(15)5-6-12(17)16(13)2/h3-4,7,11,13H,5-6,15H2,1-2H3. The number of amides is 1. The van der Waals surface area contributed by atoms with Gasteiger partial charge in [0, 0.05) is 19.5 Å². The van der Waals surface area contributed by atoms with Crippen molar-refractivity contribution in [3.05, 3.63) is 35.1 Å². The lowest BCUT2D eigenvalue weighted by Crippen LogP contribution is -2.47. The van der Waals surface area contributed by atoms with Crippen molar-refractivity contribution < 1.29 is 9.18 Å². The average Bonchev–Trinajstić information content (AvgIpc) is 2.27. The predicted octanol–water partition coefficient (Wildman–Crippen LogP) is 1.75. The Labute approximate surface area is 100 Å². The summed E-state index contributed by atoms with van der Waals surface area (Å²) in [4.78, 5) is 13.4. The molecule has 2 unspecified atom stereocenters. The molecule has 1 saturated heterocycles. The lowest BCUT2D eigenvalue weighted by atomic mass is 9.89. The van der Waals surface area contributed by atoms with Crippen molar-refractivity contribution in [3.63, 3.8) is 0 Å². The summed E-state index contributed by atoms with van der Waals surface area (Å²) >= 11 is 0. The van der Waals surface area contributed by atoms with Gasteiger partial charge in [-0.1, -0.05) is 6.07 Å². The molecule has 0 saturated carbocycles. The van der Waals surface area contributed by atoms with Crippen LogP contribution in [0.5, 0.6) is 0 Å². The van der Waals surface area contributed by atoms with E-state index in [1.165, 1.54) is 12.1 Å². The minimum Gasteiger partial charge on any atom is -0.337 e. The molecular weight excluding hydrogens is 219 g/mol. The molecule has 0 aromatic heterocycles. The normalized spacial score (nSPS) is 25.2. The van der Waals surface area contributed by atoms with Crippen LogP contribution in [0.1, 0.15) is 30.0 Å². The molecule has 2 N–H and O–H groups in total. The van der Waals surface area contributed by atoms with E-state index < -0.39 is 0 Å². The van der Waals surface area contributed by atoms with Crippen molar-refractivity contribution >= 4 is 5.91 Å². The van der Waals surface area contributed by atoms with Gasteiger partial charge in [-0.2, -0.15) is 0 Å². The molecule has 1 heterocycles. The first kappa shape index (κ1) is 12.0. The van der Waals surface area contributed by atoms with Gasteiger partial charge >= 0.3 is 0 Å². The topological polar surface area (TPSA) is 46.3 Å². The number of rotatable bonds is 1. The summed E-state index contributed by atoms with van der Waals surface area (Å²) in [6, 6.07) is 4.40. The zero-order chi connectivity index (χ0) is 12.6. The molecule has 1 aliphatic heterocycles. The van der Waals surface area contributed by atoms with Crippen molar-refractivity contribution in [2.24, 2.45) is 5.73 Å². The van der Waals surface area contributed by atoms with Crippen LogP contribution in [0.25, 0.3) is 0 Å². The van der Waals surface area contributed by atoms with E-state index in [1.54, 1.807) is 18.0 Å². The highest BCUT2D eigenvalue weighted by Crippen LogP contribution is 2.31. The lowest BCUT2D eigenvalue weighted by Gasteiger charge is -2.38. The van der Waals surface area contributed by atoms with Crippen molar-refractivity contribution in [1.29, 1.82) is 0 Å². The van der Waals surface area contributed by atoms with Crippen molar-refractivity contribution in [2.75, 3.05) is 7.05 Å². The Morgan fingerprint density at radius 1 is 1.47 bits per heavy atom. The third kappa shape index (κ3) is 2.17. The number of likely N-dealkylation sites (N-methyl/N-ethyl adjacent to an activating group) is 1. The van der Waals surface area contributed by atoms with Crippen LogP contribution < -0.4 is 5.73 Å². The van der Waals surface area contributed by atoms with Crippen molar-refractivity contribution in [3.8, 4) is 0 Å². The molecule has 3 nitrogen and oxygen atoms in total. The highest BCUT2D eigenvalue weighted by atomic mass is 19.1. The third-order valence-electron chi connectivity index (χ3n) is 3.46. The largest absolute Gasteiger partial charge is 0.337 e. The number of aryl methyl sites for hydroxylation is 1. The van der Waals surface area contributed by atoms with Gasteiger partial charge in [0.15, 0.2) is 0 Å². The molecule has 92 valence electrons. The van der Waals surface area contributed by atoms with Gasteiger partial charge in [0.25, 0.3) is 0 Å². The second-order valence-corrected chi connectivity index (χ2v) is 4.65. The molecule has 1 amide bonds. The van der Waals surface area contributed by atoms with Gasteiger partial charge in [-0.15, -0.1) is 0 Å². The van der Waals surface area contributed by atoms with Gasteiger partial charge in [0.1, 0.15) is 5.82 Å². The number of likely N-dealkylation sites (tertiary alicyclic amines) is 1. The summed E-state index contributed by atoms with van der Waals surface area (Å²) < 4.78 is 13.1. The van der Waals surface area contributed by atoms with Gasteiger partial charge in [-0.3, -0.25) is 4.79 Å². The average molecular weight is 236 g/mol. The highest BCUT2D eigenvalue weighted by molar-refractivity contribution is 5.77. The fourth-order valence-electron chi connectivity index (χ4n) is 2.48. The number of piperidine rings is 1. The SMILES string of the molecule is Cc1cc(F)ccc1C1C(N)CCC(=O)N1C. The second kappa shape index (κ2) is 4.45. The maximum Gasteiger partial charge on any atom is 0.222 e. The summed E-state index contributed by atoms with van der Waals surface area (Å²) in [6.45, 7) is 1.85. The zero-order valence-electron chi connectivity index (χ0n) is 10.1. The number of nitrogens with two attached hydrogens (primary N) is 1. The van der Waals surface area contributed by atoms with Gasteiger partial charge < -0.3 is 10.6 Å². The van der Waals surface area contributed by atoms with Gasteiger partial charge in [0.2, 0.25) is 5.91 Å². The van der Waals surface area contributed by atoms with Gasteiger partial charge in [0.05, 0.1) is 6.04 Å². The number of hydrogen-bond donors (Lipinski definition) is 1. The Hall–Kier alpha value is -1.42. The summed E-state index contributed by atoms with van der Waals surface area (Å²) in [5.74, 6) is -0.162. The molecule has 0 spiro atoms. The smallest absolute Gasteiger partial charge is 0.222 e. The van der Waals surface area contributed by atoms with E-state index in [0.29, 0.717) is 12.8 Å². The summed E-state index contributed by atoms with van der Waals surface area (Å²) in [5, 5.41) is 0. The van der Waals surface area contributed by atoms with Crippen molar-refractivity contribution in [1.82, 2.24) is 4.90 Å². The second-order valence-electron chi connectivity index (χ2n) is 4.65. The predicted molar refractivity (Wildman–Crippen MR) is 63.9 cm³/mol. The monoisotopic (exact) mass is 236 g/mol. The van der Waals surface area contributed by atoms with E-state index in [1.807, 2.05) is 6.92 Å². The fourth-order valence-corrected chi connectivity index (χ4v) is 2.48. The Kier molecular flexibility index (Phi) is 3.15. The number of nitrogens with zero attached hydrogens (tertiary/aromatic N) is 1. The van der Waals surface area contributed by atoms with E-state index in [0.717, 1.165) is 11.1 Å². The van der Waals surface area contributed by atoms with E-state index >= 15 is 0 Å². The van der Waals surface area contributed by atoms with Crippen LogP contribution in [0, 0.1) is 12.7 Å². The van der Waals surface area contributed by atoms with E-state index in [4.69, 9.17) is 5.73 Å². The first-order valence-corrected chi connectivity index (χ1v) is 5.78. The number of carbonyl (C=O) groups excluding carboxylic acids is 1. The maximum absolute atomic E-state index is 13.1. The van der Waals surface area contributed by atoms with Gasteiger partial charge in [-0.05, 0) is 36.6 Å². The molecule has 1 aromatic rings. The molecule has 1 aromatic carbocycles. The van der Waals surface area contributed by atoms with Crippen LogP contribution in [0.15, 0.2) is 18.2 Å². The van der Waals surface area contributed by atoms with Crippen LogP contribution in [0.4, 0.5) is 4.39 Å². The summed E-state index contributed by atoms with van der Waals surface area (Å²) in [6.07, 6.45) is 1.18. The highest BCUT2D eigenvalue weighted by Gasteiger charge is 2.33. The lowest BCUT2D eigenvalue weighted by molar-refractivity contribution is -0.135. The molecule has 2 atom stereocenters. The first-order valence-electron chi connectivity index (χ1n) is 5.78. The van der Waals surface area contributed by atoms with Crippen LogP contribution in [0.3, 0.4) is 0 Å². The molecule has 1 fully saturated rings. The number of carbonyl (C=O) groups is 1. The molecule has 0 aliphatic carbocycles. The fraction of sp³-hybridized carbons (Fsp3) is 0.462. The molecule has 2 rings (SSSR count). The van der Waals surface area contributed by atoms with E-state index in [9.17, 15) is 9.18 Å². The van der Waals surface area contributed by atoms with Crippen LogP contribution >= 0.6 is 0 Å². The van der Waals surface area contributed by atoms with Crippen LogP contribution in [-0.2, 0) is 4.79 Å². The third-order valence-corrected chi connectivity index (χ3v) is 3.46. The number of halogens is 1. The maximum atomic E-state index is 13.1. The minimum absolute atomic E-state index is 0.0816. The van der Waals surface area contributed by atoms with Crippen molar-refractivity contribution in [2.45, 2.75) is 31.8 Å². The zero-order valence-corrected chi connectivity index (χ0v) is 10.1. The Balaban J connectivity index is 2.39. The summed E-state index contributed by atoms with van der Waals surface area (Å²) in [5.41, 5.74) is 7.86. The molecule has 0 radical (unpaired) electrons. The first-order chi connectivity index (χ1) is 8.00. The van der Waals surface area contributed by atoms with Crippen LogP contribution in [-0.4, -0.2) is 23.9 Å². The quantitative estimate of drug-likeness (QED) is 0.807. The number of benzene rings is 1. The Bertz CT molecular complexity index is 447. The number of hydrogen-bond acceptors (Lipinski definition) is 2. The molecular formula is C13H17FN2O. The molecule has 1 aliphatic rings. The minimum atomic E-state index is -0.260. The molecule has 17 heavy (non-hydrogen) atoms. The summed E-state index contributed by atoms with van der Waals surface area (Å²) in [7, 11) is 1.76. The van der Waals surface area contributed by atoms with E-state index in [-0.39, 0.29) is 23.8 Å². The van der Waals surface area contributed by atoms with Gasteiger partial charge in [-0.25, -0.2) is 4.39 Å².